The molecular weight excluding hydrogens is 209 g/mol. The first-order chi connectivity index (χ1) is 7.41. The van der Waals surface area contributed by atoms with Gasteiger partial charge in [-0.05, 0) is 6.92 Å². The second-order valence-electron chi connectivity index (χ2n) is 5.98. The molecule has 0 aliphatic carbocycles. The Labute approximate surface area is 102 Å². The molecule has 3 radical (unpaired) electrons. The van der Waals surface area contributed by atoms with Crippen LogP contribution < -0.4 is 0 Å². The van der Waals surface area contributed by atoms with Gasteiger partial charge in [-0.15, -0.1) is 0 Å². The molecular formula is C13H21BNSi. The number of benzene rings is 1. The van der Waals surface area contributed by atoms with Gasteiger partial charge in [0.1, 0.15) is 14.1 Å². The third kappa shape index (κ3) is 1.76. The number of hydrogen-bond acceptors (Lipinski definition) is 0. The molecule has 1 heterocycles. The Morgan fingerprint density at radius 3 is 2.12 bits per heavy atom. The van der Waals surface area contributed by atoms with E-state index in [2.05, 4.69) is 56.9 Å². The van der Waals surface area contributed by atoms with E-state index in [0.717, 1.165) is 10.9 Å². The summed E-state index contributed by atoms with van der Waals surface area (Å²) in [6.45, 7) is 10.5. The summed E-state index contributed by atoms with van der Waals surface area (Å²) >= 11 is 0. The van der Waals surface area contributed by atoms with Gasteiger partial charge in [-0.25, -0.2) is 7.98 Å². The molecule has 1 saturated heterocycles. The summed E-state index contributed by atoms with van der Waals surface area (Å²) < 4.78 is 0.764. The largest absolute Gasteiger partial charge is 0.574 e. The molecule has 85 valence electrons. The molecule has 2 rings (SSSR count). The maximum atomic E-state index is 6.52. The van der Waals surface area contributed by atoms with Crippen LogP contribution in [-0.2, 0) is 0 Å². The average Bonchev–Trinajstić information content (AvgIpc) is 2.87. The normalized spacial score (nSPS) is 33.8. The maximum Gasteiger partial charge on any atom is 0.117 e. The highest BCUT2D eigenvalue weighted by molar-refractivity contribution is 6.78. The molecule has 3 atom stereocenters. The Hall–Kier alpha value is -0.538. The van der Waals surface area contributed by atoms with Crippen molar-refractivity contribution in [3.8, 4) is 0 Å². The van der Waals surface area contributed by atoms with Crippen molar-refractivity contribution in [2.45, 2.75) is 38.3 Å². The molecule has 0 saturated carbocycles. The molecule has 0 amide bonds. The summed E-state index contributed by atoms with van der Waals surface area (Å²) in [6, 6.07) is 11.3. The van der Waals surface area contributed by atoms with Crippen molar-refractivity contribution in [3.63, 3.8) is 0 Å². The first-order valence-corrected chi connectivity index (χ1v) is 9.70. The first-order valence-electron chi connectivity index (χ1n) is 6.12. The van der Waals surface area contributed by atoms with E-state index in [1.807, 2.05) is 0 Å². The van der Waals surface area contributed by atoms with E-state index in [0.29, 0.717) is 11.7 Å². The zero-order valence-electron chi connectivity index (χ0n) is 10.8. The minimum Gasteiger partial charge on any atom is -0.574 e. The quantitative estimate of drug-likeness (QED) is 0.553. The fraction of sp³-hybridized carbons (Fsp3) is 0.538. The summed E-state index contributed by atoms with van der Waals surface area (Å²) in [5.41, 5.74) is 2.10. The van der Waals surface area contributed by atoms with E-state index in [-0.39, 0.29) is 0 Å². The van der Waals surface area contributed by atoms with E-state index in [1.165, 1.54) is 5.56 Å². The van der Waals surface area contributed by atoms with Crippen LogP contribution in [0.5, 0.6) is 0 Å². The average molecular weight is 230 g/mol. The van der Waals surface area contributed by atoms with Gasteiger partial charge in [0.2, 0.25) is 0 Å². The fourth-order valence-electron chi connectivity index (χ4n) is 3.10. The number of quaternary nitrogens is 1. The van der Waals surface area contributed by atoms with Crippen LogP contribution in [-0.4, -0.2) is 32.7 Å². The zero-order chi connectivity index (χ0) is 12.0. The summed E-state index contributed by atoms with van der Waals surface area (Å²) in [5.74, 6) is 0. The van der Waals surface area contributed by atoms with Gasteiger partial charge in [0, 0.05) is 12.1 Å². The van der Waals surface area contributed by atoms with Crippen LogP contribution in [0.4, 0.5) is 0 Å². The maximum absolute atomic E-state index is 6.52. The van der Waals surface area contributed by atoms with E-state index >= 15 is 0 Å². The molecule has 0 aromatic heterocycles. The molecule has 1 unspecified atom stereocenters. The van der Waals surface area contributed by atoms with E-state index in [1.54, 1.807) is 0 Å². The Balaban J connectivity index is 2.31. The highest BCUT2D eigenvalue weighted by Gasteiger charge is 2.59. The van der Waals surface area contributed by atoms with Crippen molar-refractivity contribution in [1.82, 2.24) is 0 Å². The Morgan fingerprint density at radius 2 is 1.75 bits per heavy atom. The van der Waals surface area contributed by atoms with Crippen molar-refractivity contribution in [2.75, 3.05) is 6.54 Å². The highest BCUT2D eigenvalue weighted by atomic mass is 28.3. The van der Waals surface area contributed by atoms with Crippen LogP contribution in [0.3, 0.4) is 0 Å². The SMILES string of the molecule is [B-][N@+]1(CC)C([Si](C)(C)C)[C@@H]1c1ccccc1. The van der Waals surface area contributed by atoms with Crippen molar-refractivity contribution in [3.05, 3.63) is 35.9 Å². The van der Waals surface area contributed by atoms with E-state index in [4.69, 9.17) is 7.98 Å². The van der Waals surface area contributed by atoms with Gasteiger partial charge < -0.3 is 4.39 Å². The molecule has 16 heavy (non-hydrogen) atoms. The molecule has 1 aromatic rings. The molecule has 1 nitrogen and oxygen atoms in total. The lowest BCUT2D eigenvalue weighted by Gasteiger charge is -2.33. The summed E-state index contributed by atoms with van der Waals surface area (Å²) in [4.78, 5) is 0. The van der Waals surface area contributed by atoms with Crippen LogP contribution in [0, 0.1) is 0 Å². The molecule has 1 aliphatic rings. The lowest BCUT2D eigenvalue weighted by molar-refractivity contribution is -0.697. The minimum absolute atomic E-state index is 0.540. The molecule has 0 bridgehead atoms. The second kappa shape index (κ2) is 3.74. The molecule has 1 aromatic carbocycles. The van der Waals surface area contributed by atoms with Crippen molar-refractivity contribution in [1.29, 1.82) is 0 Å². The van der Waals surface area contributed by atoms with E-state index in [9.17, 15) is 0 Å². The van der Waals surface area contributed by atoms with Gasteiger partial charge in [0.15, 0.2) is 0 Å². The molecule has 1 aliphatic heterocycles. The minimum atomic E-state index is -1.18. The zero-order valence-corrected chi connectivity index (χ0v) is 11.8. The molecule has 1 fully saturated rings. The van der Waals surface area contributed by atoms with Crippen LogP contribution in [0.1, 0.15) is 18.5 Å². The summed E-state index contributed by atoms with van der Waals surface area (Å²) in [6.07, 6.45) is 0. The summed E-state index contributed by atoms with van der Waals surface area (Å²) in [5, 5.41) is 0. The standard InChI is InChI=1S/C13H21BNSi/c1-5-15(14)12(13(15)16(2,3)4)11-9-7-6-8-10-11/h6-10,12-13H,5H2,1-4H3/t12-,13?,15-/m0/s1. The van der Waals surface area contributed by atoms with Gasteiger partial charge in [0.25, 0.3) is 0 Å². The lowest BCUT2D eigenvalue weighted by atomic mass is 10.1. The first kappa shape index (κ1) is 11.9. The lowest BCUT2D eigenvalue weighted by Crippen LogP contribution is -2.39. The number of hydrogen-bond donors (Lipinski definition) is 0. The van der Waals surface area contributed by atoms with Crippen molar-refractivity contribution >= 4 is 16.1 Å². The fourth-order valence-corrected chi connectivity index (χ4v) is 6.22. The van der Waals surface area contributed by atoms with Gasteiger partial charge in [-0.2, -0.15) is 0 Å². The van der Waals surface area contributed by atoms with Crippen molar-refractivity contribution in [2.24, 2.45) is 0 Å². The second-order valence-corrected chi connectivity index (χ2v) is 11.3. The van der Waals surface area contributed by atoms with E-state index < -0.39 is 8.07 Å². The van der Waals surface area contributed by atoms with Crippen LogP contribution in [0.25, 0.3) is 0 Å². The van der Waals surface area contributed by atoms with Gasteiger partial charge in [0.05, 0.1) is 5.67 Å². The molecule has 0 N–H and O–H groups in total. The Bertz CT molecular complexity index is 373. The van der Waals surface area contributed by atoms with Gasteiger partial charge in [-0.1, -0.05) is 50.0 Å². The molecule has 0 spiro atoms. The summed E-state index contributed by atoms with van der Waals surface area (Å²) in [7, 11) is 5.35. The Kier molecular flexibility index (Phi) is 2.79. The predicted octanol–water partition coefficient (Wildman–Crippen LogP) is 2.91. The predicted molar refractivity (Wildman–Crippen MR) is 72.9 cm³/mol. The number of nitrogens with zero attached hydrogens (tertiary/aromatic N) is 1. The van der Waals surface area contributed by atoms with Crippen LogP contribution >= 0.6 is 0 Å². The number of likely N-dealkylation sites (N-methyl/N-ethyl adjacent to an activating group) is 1. The van der Waals surface area contributed by atoms with Gasteiger partial charge >= 0.3 is 0 Å². The van der Waals surface area contributed by atoms with Crippen LogP contribution in [0.2, 0.25) is 19.6 Å². The number of rotatable bonds is 3. The highest BCUT2D eigenvalue weighted by Crippen LogP contribution is 2.53. The van der Waals surface area contributed by atoms with Crippen LogP contribution in [0.15, 0.2) is 30.3 Å². The smallest absolute Gasteiger partial charge is 0.117 e. The molecule has 3 heteroatoms. The Morgan fingerprint density at radius 1 is 1.19 bits per heavy atom. The topological polar surface area (TPSA) is 0 Å². The third-order valence-corrected chi connectivity index (χ3v) is 6.39. The van der Waals surface area contributed by atoms with Gasteiger partial charge in [-0.3, -0.25) is 0 Å². The monoisotopic (exact) mass is 230 g/mol. The third-order valence-electron chi connectivity index (χ3n) is 3.82. The van der Waals surface area contributed by atoms with Crippen molar-refractivity contribution < 1.29 is 4.39 Å².